The lowest BCUT2D eigenvalue weighted by Crippen LogP contribution is -2.31. The van der Waals surface area contributed by atoms with Crippen molar-refractivity contribution < 1.29 is 32.6 Å². The number of para-hydroxylation sites is 1. The summed E-state index contributed by atoms with van der Waals surface area (Å²) in [7, 11) is -2.68. The summed E-state index contributed by atoms with van der Waals surface area (Å²) < 4.78 is 31.9. The van der Waals surface area contributed by atoms with E-state index >= 15 is 0 Å². The molecule has 0 spiro atoms. The number of nitrogens with one attached hydrogen (secondary N) is 3. The fourth-order valence-electron chi connectivity index (χ4n) is 4.44. The summed E-state index contributed by atoms with van der Waals surface area (Å²) in [6.07, 6.45) is 3.40. The molecule has 0 saturated heterocycles. The van der Waals surface area contributed by atoms with E-state index in [2.05, 4.69) is 10.6 Å². The number of sulfonamides is 1. The molecule has 1 aliphatic rings. The molecule has 0 radical (unpaired) electrons. The number of methoxy groups -OCH3 is 1. The molecule has 0 unspecified atom stereocenters. The van der Waals surface area contributed by atoms with E-state index in [-0.39, 0.29) is 51.3 Å². The third-order valence-corrected chi connectivity index (χ3v) is 8.77. The van der Waals surface area contributed by atoms with Gasteiger partial charge in [-0.1, -0.05) is 26.0 Å². The highest BCUT2D eigenvalue weighted by Crippen LogP contribution is 2.39. The Kier molecular flexibility index (Phi) is 11.8. The highest BCUT2D eigenvalue weighted by Gasteiger charge is 2.30. The molecule has 0 bridgehead atoms. The standard InChI is InChI=1S/C18H18N2O5S.C13H19N3O4/c1-25-16-5-3-2-4-15(16)18(22)20-26(23,24)14-10-6-12(7-11-14)17(21)19-13-8-9-13;1-5-10(6-2)14-12-11(15(17)18)7-8(3)9(4)13(12)16(19)20/h2-7,10-11,13H,8-9H2,1H3,(H,19,21)(H,20,22);7,10,14H,5-6H2,1-4H3. The lowest BCUT2D eigenvalue weighted by atomic mass is 10.0. The molecule has 1 fully saturated rings. The summed E-state index contributed by atoms with van der Waals surface area (Å²) in [6, 6.07) is 13.3. The molecular formula is C31H37N5O9S. The van der Waals surface area contributed by atoms with Gasteiger partial charge in [-0.2, -0.15) is 0 Å². The number of nitro benzene ring substituents is 2. The van der Waals surface area contributed by atoms with Crippen LogP contribution in [0.2, 0.25) is 0 Å². The molecule has 46 heavy (non-hydrogen) atoms. The first-order valence-corrected chi connectivity index (χ1v) is 16.0. The van der Waals surface area contributed by atoms with Crippen LogP contribution in [0.4, 0.5) is 17.1 Å². The minimum absolute atomic E-state index is 0.0109. The number of amides is 2. The number of rotatable bonds is 12. The highest BCUT2D eigenvalue weighted by atomic mass is 32.2. The monoisotopic (exact) mass is 655 g/mol. The van der Waals surface area contributed by atoms with Gasteiger partial charge in [0.15, 0.2) is 5.69 Å². The van der Waals surface area contributed by atoms with Crippen LogP contribution in [0.5, 0.6) is 5.75 Å². The average molecular weight is 656 g/mol. The molecule has 14 nitrogen and oxygen atoms in total. The van der Waals surface area contributed by atoms with Gasteiger partial charge >= 0.3 is 5.69 Å². The van der Waals surface area contributed by atoms with E-state index in [0.717, 1.165) is 25.7 Å². The summed E-state index contributed by atoms with van der Waals surface area (Å²) >= 11 is 0. The van der Waals surface area contributed by atoms with Crippen molar-refractivity contribution in [1.82, 2.24) is 10.0 Å². The average Bonchev–Trinajstić information content (AvgIpc) is 3.85. The Hall–Kier alpha value is -5.05. The molecule has 246 valence electrons. The maximum absolute atomic E-state index is 12.4. The Morgan fingerprint density at radius 3 is 2.09 bits per heavy atom. The van der Waals surface area contributed by atoms with E-state index in [9.17, 15) is 38.2 Å². The van der Waals surface area contributed by atoms with E-state index < -0.39 is 25.8 Å². The molecule has 4 rings (SSSR count). The number of carbonyl (C=O) groups excluding carboxylic acids is 2. The number of ether oxygens (including phenoxy) is 1. The molecule has 0 aliphatic heterocycles. The Labute approximate surface area is 266 Å². The fraction of sp³-hybridized carbons (Fsp3) is 0.355. The molecule has 1 aliphatic carbocycles. The minimum Gasteiger partial charge on any atom is -0.496 e. The summed E-state index contributed by atoms with van der Waals surface area (Å²) in [5, 5.41) is 28.2. The highest BCUT2D eigenvalue weighted by molar-refractivity contribution is 7.90. The van der Waals surface area contributed by atoms with E-state index in [4.69, 9.17) is 4.74 Å². The van der Waals surface area contributed by atoms with Gasteiger partial charge in [-0.25, -0.2) is 13.1 Å². The van der Waals surface area contributed by atoms with Gasteiger partial charge < -0.3 is 15.4 Å². The Bertz CT molecular complexity index is 1720. The van der Waals surface area contributed by atoms with Gasteiger partial charge in [-0.05, 0) is 81.5 Å². The second-order valence-corrected chi connectivity index (χ2v) is 12.3. The van der Waals surface area contributed by atoms with E-state index in [1.54, 1.807) is 32.0 Å². The van der Waals surface area contributed by atoms with Gasteiger partial charge in [0, 0.05) is 29.3 Å². The number of aryl methyl sites for hydroxylation is 1. The van der Waals surface area contributed by atoms with E-state index in [0.29, 0.717) is 16.7 Å². The van der Waals surface area contributed by atoms with Gasteiger partial charge in [-0.3, -0.25) is 29.8 Å². The Morgan fingerprint density at radius 1 is 0.957 bits per heavy atom. The molecule has 3 aromatic carbocycles. The lowest BCUT2D eigenvalue weighted by Gasteiger charge is -2.17. The van der Waals surface area contributed by atoms with Gasteiger partial charge in [0.25, 0.3) is 27.5 Å². The lowest BCUT2D eigenvalue weighted by molar-refractivity contribution is -0.392. The third kappa shape index (κ3) is 8.78. The number of benzene rings is 3. The van der Waals surface area contributed by atoms with Crippen molar-refractivity contribution in [3.05, 3.63) is 97.1 Å². The van der Waals surface area contributed by atoms with Crippen LogP contribution in [0.1, 0.15) is 71.4 Å². The summed E-state index contributed by atoms with van der Waals surface area (Å²) in [5.74, 6) is -0.764. The minimum atomic E-state index is -4.07. The first kappa shape index (κ1) is 35.4. The van der Waals surface area contributed by atoms with Crippen LogP contribution in [0.3, 0.4) is 0 Å². The number of nitro groups is 2. The summed E-state index contributed by atoms with van der Waals surface area (Å²) in [4.78, 5) is 45.4. The molecular weight excluding hydrogens is 618 g/mol. The molecule has 3 aromatic rings. The second-order valence-electron chi connectivity index (χ2n) is 10.6. The van der Waals surface area contributed by atoms with Crippen LogP contribution in [-0.2, 0) is 10.0 Å². The molecule has 2 amide bonds. The van der Waals surface area contributed by atoms with Crippen LogP contribution in [0.15, 0.2) is 59.5 Å². The Morgan fingerprint density at radius 2 is 1.57 bits per heavy atom. The van der Waals surface area contributed by atoms with Crippen LogP contribution in [0, 0.1) is 34.1 Å². The van der Waals surface area contributed by atoms with Crippen molar-refractivity contribution in [2.24, 2.45) is 0 Å². The molecule has 1 saturated carbocycles. The number of carbonyl (C=O) groups is 2. The van der Waals surface area contributed by atoms with Crippen LogP contribution in [0.25, 0.3) is 0 Å². The van der Waals surface area contributed by atoms with Gasteiger partial charge in [0.1, 0.15) is 5.75 Å². The van der Waals surface area contributed by atoms with Gasteiger partial charge in [0.05, 0.1) is 27.4 Å². The van der Waals surface area contributed by atoms with Crippen LogP contribution >= 0.6 is 0 Å². The predicted octanol–water partition coefficient (Wildman–Crippen LogP) is 5.43. The SMILES string of the molecule is CCC(CC)Nc1c([N+](=O)[O-])cc(C)c(C)c1[N+](=O)[O-].COc1ccccc1C(=O)NS(=O)(=O)c1ccc(C(=O)NC2CC2)cc1. The molecule has 0 heterocycles. The summed E-state index contributed by atoms with van der Waals surface area (Å²) in [6.45, 7) is 7.10. The maximum Gasteiger partial charge on any atom is 0.302 e. The van der Waals surface area contributed by atoms with E-state index in [1.165, 1.54) is 43.5 Å². The maximum atomic E-state index is 12.4. The molecule has 0 atom stereocenters. The molecule has 0 aromatic heterocycles. The van der Waals surface area contributed by atoms with Crippen LogP contribution in [-0.4, -0.2) is 49.3 Å². The van der Waals surface area contributed by atoms with Crippen LogP contribution < -0.4 is 20.1 Å². The van der Waals surface area contributed by atoms with Gasteiger partial charge in [-0.15, -0.1) is 0 Å². The van der Waals surface area contributed by atoms with Crippen molar-refractivity contribution in [1.29, 1.82) is 0 Å². The van der Waals surface area contributed by atoms with Crippen molar-refractivity contribution in [3.63, 3.8) is 0 Å². The normalized spacial score (nSPS) is 12.4. The predicted molar refractivity (Wildman–Crippen MR) is 172 cm³/mol. The third-order valence-electron chi connectivity index (χ3n) is 7.42. The zero-order chi connectivity index (χ0) is 34.2. The molecule has 3 N–H and O–H groups in total. The van der Waals surface area contributed by atoms with Crippen molar-refractivity contribution >= 4 is 38.9 Å². The number of anilines is 1. The van der Waals surface area contributed by atoms with Gasteiger partial charge in [0.2, 0.25) is 0 Å². The number of hydrogen-bond acceptors (Lipinski definition) is 10. The number of hydrogen-bond donors (Lipinski definition) is 3. The Balaban J connectivity index is 0.000000260. The quantitative estimate of drug-likeness (QED) is 0.167. The number of nitrogens with zero attached hydrogens (tertiary/aromatic N) is 2. The largest absolute Gasteiger partial charge is 0.496 e. The zero-order valence-electron chi connectivity index (χ0n) is 26.2. The smallest absolute Gasteiger partial charge is 0.302 e. The second kappa shape index (κ2) is 15.3. The summed E-state index contributed by atoms with van der Waals surface area (Å²) in [5.41, 5.74) is 1.03. The first-order chi connectivity index (χ1) is 21.7. The first-order valence-electron chi connectivity index (χ1n) is 14.5. The van der Waals surface area contributed by atoms with Crippen molar-refractivity contribution in [3.8, 4) is 5.75 Å². The van der Waals surface area contributed by atoms with Crippen molar-refractivity contribution in [2.45, 2.75) is 70.4 Å². The van der Waals surface area contributed by atoms with E-state index in [1.807, 2.05) is 18.6 Å². The van der Waals surface area contributed by atoms with Crippen molar-refractivity contribution in [2.75, 3.05) is 12.4 Å². The fourth-order valence-corrected chi connectivity index (χ4v) is 5.41. The molecule has 15 heteroatoms. The topological polar surface area (TPSA) is 200 Å². The zero-order valence-corrected chi connectivity index (χ0v) is 27.0.